The Hall–Kier alpha value is -2.91. The molecule has 0 bridgehead atoms. The smallest absolute Gasteiger partial charge is 0.323 e. The Morgan fingerprint density at radius 1 is 1.00 bits per heavy atom. The highest BCUT2D eigenvalue weighted by Gasteiger charge is 2.15. The predicted molar refractivity (Wildman–Crippen MR) is 103 cm³/mol. The summed E-state index contributed by atoms with van der Waals surface area (Å²) in [7, 11) is -3.67. The number of amides is 1. The molecule has 0 saturated carbocycles. The summed E-state index contributed by atoms with van der Waals surface area (Å²) >= 11 is 0. The molecule has 142 valence electrons. The van der Waals surface area contributed by atoms with E-state index in [1.807, 2.05) is 13.8 Å². The molecular weight excluding hydrogens is 368 g/mol. The number of aromatic amines is 2. The zero-order valence-electron chi connectivity index (χ0n) is 14.9. The van der Waals surface area contributed by atoms with E-state index in [1.165, 1.54) is 6.07 Å². The van der Waals surface area contributed by atoms with Crippen molar-refractivity contribution in [1.29, 1.82) is 0 Å². The van der Waals surface area contributed by atoms with Gasteiger partial charge in [0.15, 0.2) is 0 Å². The van der Waals surface area contributed by atoms with E-state index in [9.17, 15) is 18.0 Å². The molecule has 9 heteroatoms. The monoisotopic (exact) mass is 388 g/mol. The molecule has 0 unspecified atom stereocenters. The largest absolute Gasteiger partial charge is 0.326 e. The first-order valence-corrected chi connectivity index (χ1v) is 9.82. The second kappa shape index (κ2) is 7.37. The van der Waals surface area contributed by atoms with E-state index in [0.717, 1.165) is 11.1 Å². The van der Waals surface area contributed by atoms with Crippen molar-refractivity contribution in [3.8, 4) is 0 Å². The Morgan fingerprint density at radius 3 is 2.48 bits per heavy atom. The SMILES string of the molecule is Cc1ccc(S(=O)(=O)NCCC(=O)Nc2ccc3[nH]c(=O)[nH]c3c2)cc1C. The van der Waals surface area contributed by atoms with E-state index >= 15 is 0 Å². The molecule has 3 aromatic rings. The Kier molecular flexibility index (Phi) is 5.15. The number of hydrogen-bond acceptors (Lipinski definition) is 4. The number of carbonyl (C=O) groups excluding carboxylic acids is 1. The summed E-state index contributed by atoms with van der Waals surface area (Å²) in [4.78, 5) is 28.7. The molecule has 2 aromatic carbocycles. The third-order valence-corrected chi connectivity index (χ3v) is 5.69. The highest BCUT2D eigenvalue weighted by atomic mass is 32.2. The summed E-state index contributed by atoms with van der Waals surface area (Å²) in [5.74, 6) is -0.338. The molecule has 0 aliphatic rings. The van der Waals surface area contributed by atoms with Crippen molar-refractivity contribution in [3.05, 3.63) is 58.0 Å². The summed E-state index contributed by atoms with van der Waals surface area (Å²) in [5.41, 5.74) is 3.30. The van der Waals surface area contributed by atoms with Gasteiger partial charge in [-0.15, -0.1) is 0 Å². The first kappa shape index (κ1) is 18.9. The minimum absolute atomic E-state index is 0.0221. The normalized spacial score (nSPS) is 11.6. The average molecular weight is 388 g/mol. The van der Waals surface area contributed by atoms with Crippen molar-refractivity contribution < 1.29 is 13.2 Å². The molecule has 1 heterocycles. The number of nitrogens with one attached hydrogen (secondary N) is 4. The van der Waals surface area contributed by atoms with Crippen LogP contribution in [-0.2, 0) is 14.8 Å². The fourth-order valence-electron chi connectivity index (χ4n) is 2.60. The molecule has 0 radical (unpaired) electrons. The summed E-state index contributed by atoms with van der Waals surface area (Å²) in [6, 6.07) is 9.85. The topological polar surface area (TPSA) is 124 Å². The highest BCUT2D eigenvalue weighted by molar-refractivity contribution is 7.89. The number of carbonyl (C=O) groups is 1. The number of aryl methyl sites for hydroxylation is 2. The fourth-order valence-corrected chi connectivity index (χ4v) is 3.71. The van der Waals surface area contributed by atoms with E-state index in [4.69, 9.17) is 0 Å². The van der Waals surface area contributed by atoms with Crippen molar-refractivity contribution in [2.45, 2.75) is 25.2 Å². The van der Waals surface area contributed by atoms with Gasteiger partial charge in [-0.25, -0.2) is 17.9 Å². The van der Waals surface area contributed by atoms with Crippen LogP contribution in [0.2, 0.25) is 0 Å². The number of hydrogen-bond donors (Lipinski definition) is 4. The molecule has 27 heavy (non-hydrogen) atoms. The number of rotatable bonds is 6. The van der Waals surface area contributed by atoms with Gasteiger partial charge in [0.05, 0.1) is 15.9 Å². The molecule has 3 rings (SSSR count). The Balaban J connectivity index is 1.58. The van der Waals surface area contributed by atoms with E-state index in [1.54, 1.807) is 30.3 Å². The van der Waals surface area contributed by atoms with Gasteiger partial charge in [-0.2, -0.15) is 0 Å². The second-order valence-electron chi connectivity index (χ2n) is 6.28. The third-order valence-electron chi connectivity index (χ3n) is 4.23. The van der Waals surface area contributed by atoms with Gasteiger partial charge in [-0.3, -0.25) is 4.79 Å². The van der Waals surface area contributed by atoms with Crippen molar-refractivity contribution in [2.24, 2.45) is 0 Å². The van der Waals surface area contributed by atoms with Crippen LogP contribution in [0.25, 0.3) is 11.0 Å². The molecule has 0 saturated heterocycles. The summed E-state index contributed by atoms with van der Waals surface area (Å²) in [5, 5.41) is 2.68. The number of sulfonamides is 1. The van der Waals surface area contributed by atoms with Gasteiger partial charge in [0.2, 0.25) is 15.9 Å². The van der Waals surface area contributed by atoms with Gasteiger partial charge in [-0.05, 0) is 55.3 Å². The predicted octanol–water partition coefficient (Wildman–Crippen LogP) is 1.78. The Bertz CT molecular complexity index is 1160. The molecule has 1 amide bonds. The number of fused-ring (bicyclic) bond motifs is 1. The lowest BCUT2D eigenvalue weighted by atomic mass is 10.1. The van der Waals surface area contributed by atoms with Crippen LogP contribution in [0.15, 0.2) is 46.1 Å². The molecule has 0 fully saturated rings. The molecule has 0 spiro atoms. The maximum atomic E-state index is 12.3. The quantitative estimate of drug-likeness (QED) is 0.514. The van der Waals surface area contributed by atoms with Crippen molar-refractivity contribution in [3.63, 3.8) is 0 Å². The molecular formula is C18H20N4O4S. The summed E-state index contributed by atoms with van der Waals surface area (Å²) in [6.45, 7) is 3.73. The van der Waals surface area contributed by atoms with E-state index in [0.29, 0.717) is 16.7 Å². The number of anilines is 1. The molecule has 1 aromatic heterocycles. The highest BCUT2D eigenvalue weighted by Crippen LogP contribution is 2.16. The first-order chi connectivity index (χ1) is 12.7. The van der Waals surface area contributed by atoms with Gasteiger partial charge in [0, 0.05) is 18.7 Å². The third kappa shape index (κ3) is 4.44. The zero-order chi connectivity index (χ0) is 19.6. The van der Waals surface area contributed by atoms with Crippen molar-refractivity contribution >= 4 is 32.7 Å². The van der Waals surface area contributed by atoms with E-state index in [2.05, 4.69) is 20.0 Å². The van der Waals surface area contributed by atoms with Crippen molar-refractivity contribution in [1.82, 2.24) is 14.7 Å². The van der Waals surface area contributed by atoms with E-state index < -0.39 is 10.0 Å². The minimum atomic E-state index is -3.67. The average Bonchev–Trinajstić information content (AvgIpc) is 2.96. The van der Waals surface area contributed by atoms with Crippen LogP contribution in [-0.4, -0.2) is 30.8 Å². The fraction of sp³-hybridized carbons (Fsp3) is 0.222. The lowest BCUT2D eigenvalue weighted by molar-refractivity contribution is -0.116. The molecule has 8 nitrogen and oxygen atoms in total. The van der Waals surface area contributed by atoms with Gasteiger partial charge in [0.25, 0.3) is 0 Å². The second-order valence-corrected chi connectivity index (χ2v) is 8.05. The standard InChI is InChI=1S/C18H20N4O4S/c1-11-3-5-14(9-12(11)2)27(25,26)19-8-7-17(23)20-13-4-6-15-16(10-13)22-18(24)21-15/h3-6,9-10,19H,7-8H2,1-2H3,(H,20,23)(H2,21,22,24). The summed E-state index contributed by atoms with van der Waals surface area (Å²) < 4.78 is 27.0. The zero-order valence-corrected chi connectivity index (χ0v) is 15.7. The van der Waals surface area contributed by atoms with Crippen LogP contribution in [0, 0.1) is 13.8 Å². The molecule has 4 N–H and O–H groups in total. The summed E-state index contributed by atoms with van der Waals surface area (Å²) in [6.07, 6.45) is -0.0221. The maximum Gasteiger partial charge on any atom is 0.323 e. The van der Waals surface area contributed by atoms with Gasteiger partial charge < -0.3 is 15.3 Å². The number of imidazole rings is 1. The molecule has 0 aliphatic heterocycles. The Morgan fingerprint density at radius 2 is 1.74 bits per heavy atom. The Labute approximate surface area is 156 Å². The first-order valence-electron chi connectivity index (χ1n) is 8.33. The van der Waals surface area contributed by atoms with Crippen LogP contribution in [0.3, 0.4) is 0 Å². The molecule has 0 aliphatic carbocycles. The number of H-pyrrole nitrogens is 2. The maximum absolute atomic E-state index is 12.3. The van der Waals surface area contributed by atoms with Gasteiger partial charge in [-0.1, -0.05) is 6.07 Å². The number of benzene rings is 2. The minimum Gasteiger partial charge on any atom is -0.326 e. The van der Waals surface area contributed by atoms with Gasteiger partial charge in [0.1, 0.15) is 0 Å². The van der Waals surface area contributed by atoms with Crippen LogP contribution >= 0.6 is 0 Å². The van der Waals surface area contributed by atoms with Crippen LogP contribution in [0.5, 0.6) is 0 Å². The van der Waals surface area contributed by atoms with Crippen LogP contribution in [0.1, 0.15) is 17.5 Å². The lowest BCUT2D eigenvalue weighted by Crippen LogP contribution is -2.28. The van der Waals surface area contributed by atoms with Gasteiger partial charge >= 0.3 is 5.69 Å². The van der Waals surface area contributed by atoms with Crippen LogP contribution < -0.4 is 15.7 Å². The van der Waals surface area contributed by atoms with E-state index in [-0.39, 0.29) is 29.5 Å². The number of aromatic nitrogens is 2. The lowest BCUT2D eigenvalue weighted by Gasteiger charge is -2.09. The van der Waals surface area contributed by atoms with Crippen molar-refractivity contribution in [2.75, 3.05) is 11.9 Å². The molecule has 0 atom stereocenters. The van der Waals surface area contributed by atoms with Crippen LogP contribution in [0.4, 0.5) is 5.69 Å².